The second-order valence-corrected chi connectivity index (χ2v) is 5.45. The number of carbonyl (C=O) groups excluding carboxylic acids is 3. The predicted octanol–water partition coefficient (Wildman–Crippen LogP) is 1.39. The monoisotopic (exact) mass is 327 g/mol. The number of benzene rings is 1. The van der Waals surface area contributed by atoms with Crippen molar-refractivity contribution in [1.82, 2.24) is 15.8 Å². The molecule has 2 fully saturated rings. The summed E-state index contributed by atoms with van der Waals surface area (Å²) >= 11 is 0. The van der Waals surface area contributed by atoms with Crippen LogP contribution in [0.25, 0.3) is 0 Å². The SMILES string of the molecule is O=C1CN(NC(=O)C2CC2c2ccccc2C(F)(F)F)C(=O)N1. The summed E-state index contributed by atoms with van der Waals surface area (Å²) in [6.07, 6.45) is -4.22. The molecule has 4 amide bonds. The van der Waals surface area contributed by atoms with Crippen LogP contribution in [-0.2, 0) is 15.8 Å². The Morgan fingerprint density at radius 3 is 2.57 bits per heavy atom. The number of hydrazine groups is 1. The maximum Gasteiger partial charge on any atom is 0.416 e. The highest BCUT2D eigenvalue weighted by molar-refractivity contribution is 6.02. The Hall–Kier alpha value is -2.58. The first-order valence-corrected chi connectivity index (χ1v) is 6.85. The van der Waals surface area contributed by atoms with Crippen LogP contribution in [0, 0.1) is 5.92 Å². The largest absolute Gasteiger partial charge is 0.416 e. The zero-order valence-electron chi connectivity index (χ0n) is 11.7. The summed E-state index contributed by atoms with van der Waals surface area (Å²) in [6.45, 7) is -0.304. The van der Waals surface area contributed by atoms with Gasteiger partial charge in [0.25, 0.3) is 0 Å². The first kappa shape index (κ1) is 15.3. The van der Waals surface area contributed by atoms with E-state index in [9.17, 15) is 27.6 Å². The van der Waals surface area contributed by atoms with Crippen molar-refractivity contribution in [2.75, 3.05) is 6.54 Å². The zero-order valence-corrected chi connectivity index (χ0v) is 11.7. The molecule has 2 unspecified atom stereocenters. The van der Waals surface area contributed by atoms with Crippen LogP contribution in [0.2, 0.25) is 0 Å². The minimum Gasteiger partial charge on any atom is -0.275 e. The molecular formula is C14H12F3N3O3. The lowest BCUT2D eigenvalue weighted by Crippen LogP contribution is -2.45. The second-order valence-electron chi connectivity index (χ2n) is 5.45. The summed E-state index contributed by atoms with van der Waals surface area (Å²) in [7, 11) is 0. The Labute approximate surface area is 128 Å². The van der Waals surface area contributed by atoms with E-state index in [1.807, 2.05) is 5.32 Å². The van der Waals surface area contributed by atoms with Gasteiger partial charge in [-0.3, -0.25) is 20.3 Å². The minimum absolute atomic E-state index is 0.0714. The van der Waals surface area contributed by atoms with Gasteiger partial charge in [-0.05, 0) is 24.0 Å². The molecule has 9 heteroatoms. The summed E-state index contributed by atoms with van der Waals surface area (Å²) < 4.78 is 39.0. The number of carbonyl (C=O) groups is 3. The maximum atomic E-state index is 13.0. The molecule has 0 aromatic heterocycles. The van der Waals surface area contributed by atoms with E-state index >= 15 is 0 Å². The van der Waals surface area contributed by atoms with Crippen LogP contribution in [0.3, 0.4) is 0 Å². The molecule has 1 aliphatic carbocycles. The fourth-order valence-electron chi connectivity index (χ4n) is 2.65. The Bertz CT molecular complexity index is 689. The maximum absolute atomic E-state index is 13.0. The van der Waals surface area contributed by atoms with Crippen LogP contribution in [0.15, 0.2) is 24.3 Å². The van der Waals surface area contributed by atoms with E-state index in [2.05, 4.69) is 5.43 Å². The number of nitrogens with zero attached hydrogens (tertiary/aromatic N) is 1. The average Bonchev–Trinajstić information content (AvgIpc) is 3.20. The Morgan fingerprint density at radius 2 is 1.96 bits per heavy atom. The number of hydrogen-bond donors (Lipinski definition) is 2. The van der Waals surface area contributed by atoms with E-state index in [-0.39, 0.29) is 18.5 Å². The van der Waals surface area contributed by atoms with Gasteiger partial charge in [-0.2, -0.15) is 13.2 Å². The van der Waals surface area contributed by atoms with Crippen LogP contribution >= 0.6 is 0 Å². The molecule has 0 bridgehead atoms. The highest BCUT2D eigenvalue weighted by atomic mass is 19.4. The summed E-state index contributed by atoms with van der Waals surface area (Å²) in [5.74, 6) is -2.32. The molecule has 0 radical (unpaired) electrons. The normalized spacial score (nSPS) is 23.7. The van der Waals surface area contributed by atoms with Crippen LogP contribution in [0.1, 0.15) is 23.5 Å². The number of rotatable bonds is 3. The molecule has 1 saturated heterocycles. The fourth-order valence-corrected chi connectivity index (χ4v) is 2.65. The molecule has 23 heavy (non-hydrogen) atoms. The smallest absolute Gasteiger partial charge is 0.275 e. The zero-order chi connectivity index (χ0) is 16.8. The van der Waals surface area contributed by atoms with E-state index in [1.54, 1.807) is 0 Å². The van der Waals surface area contributed by atoms with Gasteiger partial charge in [0.2, 0.25) is 11.8 Å². The lowest BCUT2D eigenvalue weighted by Gasteiger charge is -2.15. The Kier molecular flexibility index (Phi) is 3.50. The van der Waals surface area contributed by atoms with Crippen molar-refractivity contribution in [3.63, 3.8) is 0 Å². The van der Waals surface area contributed by atoms with Gasteiger partial charge in [0.15, 0.2) is 0 Å². The number of imide groups is 1. The summed E-state index contributed by atoms with van der Waals surface area (Å²) in [5.41, 5.74) is 1.58. The van der Waals surface area contributed by atoms with Crippen molar-refractivity contribution >= 4 is 17.8 Å². The number of urea groups is 1. The van der Waals surface area contributed by atoms with Crippen molar-refractivity contribution < 1.29 is 27.6 Å². The quantitative estimate of drug-likeness (QED) is 0.824. The van der Waals surface area contributed by atoms with Gasteiger partial charge < -0.3 is 0 Å². The molecule has 0 spiro atoms. The highest BCUT2D eigenvalue weighted by Gasteiger charge is 2.48. The summed E-state index contributed by atoms with van der Waals surface area (Å²) in [4.78, 5) is 34.4. The van der Waals surface area contributed by atoms with Gasteiger partial charge in [0.1, 0.15) is 6.54 Å². The van der Waals surface area contributed by atoms with Crippen LogP contribution in [0.4, 0.5) is 18.0 Å². The lowest BCUT2D eigenvalue weighted by atomic mass is 10.0. The highest BCUT2D eigenvalue weighted by Crippen LogP contribution is 2.51. The third kappa shape index (κ3) is 2.99. The molecule has 1 aromatic rings. The second kappa shape index (κ2) is 5.25. The average molecular weight is 327 g/mol. The molecule has 3 rings (SSSR count). The fraction of sp³-hybridized carbons (Fsp3) is 0.357. The minimum atomic E-state index is -4.48. The topological polar surface area (TPSA) is 78.5 Å². The van der Waals surface area contributed by atoms with Gasteiger partial charge in [0.05, 0.1) is 5.56 Å². The van der Waals surface area contributed by atoms with Gasteiger partial charge in [-0.1, -0.05) is 18.2 Å². The van der Waals surface area contributed by atoms with E-state index in [4.69, 9.17) is 0 Å². The molecule has 122 valence electrons. The third-order valence-electron chi connectivity index (χ3n) is 3.83. The van der Waals surface area contributed by atoms with E-state index < -0.39 is 41.4 Å². The predicted molar refractivity (Wildman–Crippen MR) is 70.7 cm³/mol. The van der Waals surface area contributed by atoms with Crippen molar-refractivity contribution in [2.24, 2.45) is 5.92 Å². The van der Waals surface area contributed by atoms with Crippen LogP contribution < -0.4 is 10.7 Å². The first-order valence-electron chi connectivity index (χ1n) is 6.85. The van der Waals surface area contributed by atoms with Crippen molar-refractivity contribution in [3.8, 4) is 0 Å². The Balaban J connectivity index is 1.69. The molecule has 6 nitrogen and oxygen atoms in total. The summed E-state index contributed by atoms with van der Waals surface area (Å²) in [5, 5.41) is 2.80. The van der Waals surface area contributed by atoms with Gasteiger partial charge >= 0.3 is 12.2 Å². The van der Waals surface area contributed by atoms with Crippen LogP contribution in [-0.4, -0.2) is 29.4 Å². The third-order valence-corrected chi connectivity index (χ3v) is 3.83. The molecule has 1 aliphatic heterocycles. The van der Waals surface area contributed by atoms with E-state index in [0.717, 1.165) is 11.1 Å². The van der Waals surface area contributed by atoms with Crippen molar-refractivity contribution in [1.29, 1.82) is 0 Å². The number of amides is 4. The summed E-state index contributed by atoms with van der Waals surface area (Å²) in [6, 6.07) is 4.37. The molecule has 2 atom stereocenters. The number of hydrogen-bond acceptors (Lipinski definition) is 3. The molecular weight excluding hydrogens is 315 g/mol. The van der Waals surface area contributed by atoms with Crippen molar-refractivity contribution in [2.45, 2.75) is 18.5 Å². The van der Waals surface area contributed by atoms with E-state index in [1.165, 1.54) is 18.2 Å². The van der Waals surface area contributed by atoms with Gasteiger partial charge in [0, 0.05) is 5.92 Å². The Morgan fingerprint density at radius 1 is 1.26 bits per heavy atom. The molecule has 1 heterocycles. The molecule has 1 saturated carbocycles. The number of halogens is 3. The lowest BCUT2D eigenvalue weighted by molar-refractivity contribution is -0.138. The first-order chi connectivity index (χ1) is 10.8. The van der Waals surface area contributed by atoms with Crippen LogP contribution in [0.5, 0.6) is 0 Å². The standard InChI is InChI=1S/C14H12F3N3O3/c15-14(16,17)10-4-2-1-3-7(10)8-5-9(8)12(22)19-20-6-11(21)18-13(20)23/h1-4,8-9H,5-6H2,(H,19,22)(H,18,21,23). The van der Waals surface area contributed by atoms with Gasteiger partial charge in [-0.25, -0.2) is 9.80 Å². The number of nitrogens with one attached hydrogen (secondary N) is 2. The molecule has 1 aromatic carbocycles. The van der Waals surface area contributed by atoms with E-state index in [0.29, 0.717) is 0 Å². The molecule has 2 aliphatic rings. The number of alkyl halides is 3. The van der Waals surface area contributed by atoms with Crippen molar-refractivity contribution in [3.05, 3.63) is 35.4 Å². The van der Waals surface area contributed by atoms with Gasteiger partial charge in [-0.15, -0.1) is 0 Å². The molecule has 2 N–H and O–H groups in total.